The monoisotopic (exact) mass is 494 g/mol. The molecule has 0 saturated carbocycles. The Labute approximate surface area is 212 Å². The average molecular weight is 495 g/mol. The normalized spacial score (nSPS) is 10.9. The number of carbonyl (C=O) groups is 2. The molecule has 0 aliphatic heterocycles. The van der Waals surface area contributed by atoms with Crippen molar-refractivity contribution in [2.75, 3.05) is 11.9 Å². The van der Waals surface area contributed by atoms with Crippen LogP contribution in [0.15, 0.2) is 84.9 Å². The number of ether oxygens (including phenoxy) is 1. The van der Waals surface area contributed by atoms with Gasteiger partial charge in [0.05, 0.1) is 39.5 Å². The zero-order valence-corrected chi connectivity index (χ0v) is 20.2. The average Bonchev–Trinajstić information content (AvgIpc) is 3.20. The Bertz CT molecular complexity index is 1610. The van der Waals surface area contributed by atoms with Gasteiger partial charge in [-0.05, 0) is 62.4 Å². The molecule has 37 heavy (non-hydrogen) atoms. The highest BCUT2D eigenvalue weighted by Gasteiger charge is 2.19. The molecule has 0 aliphatic rings. The van der Waals surface area contributed by atoms with Gasteiger partial charge >= 0.3 is 5.97 Å². The van der Waals surface area contributed by atoms with Crippen molar-refractivity contribution < 1.29 is 18.7 Å². The second-order valence-electron chi connectivity index (χ2n) is 8.50. The summed E-state index contributed by atoms with van der Waals surface area (Å²) in [5.74, 6) is -1.51. The fourth-order valence-corrected chi connectivity index (χ4v) is 4.14. The van der Waals surface area contributed by atoms with E-state index in [0.29, 0.717) is 33.5 Å². The summed E-state index contributed by atoms with van der Waals surface area (Å²) in [5, 5.41) is 7.92. The van der Waals surface area contributed by atoms with E-state index in [9.17, 15) is 14.0 Å². The summed E-state index contributed by atoms with van der Waals surface area (Å²) < 4.78 is 20.5. The molecule has 1 amide bonds. The first kappa shape index (κ1) is 23.9. The van der Waals surface area contributed by atoms with Gasteiger partial charge in [-0.1, -0.05) is 36.4 Å². The second-order valence-corrected chi connectivity index (χ2v) is 8.50. The Morgan fingerprint density at radius 1 is 0.946 bits per heavy atom. The number of halogens is 1. The summed E-state index contributed by atoms with van der Waals surface area (Å²) in [7, 11) is 0. The lowest BCUT2D eigenvalue weighted by atomic mass is 10.0. The van der Waals surface area contributed by atoms with Gasteiger partial charge in [0.2, 0.25) is 0 Å². The van der Waals surface area contributed by atoms with Crippen LogP contribution in [0.2, 0.25) is 0 Å². The Kier molecular flexibility index (Phi) is 6.47. The summed E-state index contributed by atoms with van der Waals surface area (Å²) >= 11 is 0. The molecule has 0 radical (unpaired) electrons. The molecule has 1 N–H and O–H groups in total. The van der Waals surface area contributed by atoms with Crippen molar-refractivity contribution in [1.29, 1.82) is 0 Å². The molecule has 2 heterocycles. The number of hydrogen-bond acceptors (Lipinski definition) is 5. The van der Waals surface area contributed by atoms with Crippen molar-refractivity contribution in [3.05, 3.63) is 108 Å². The van der Waals surface area contributed by atoms with Crippen molar-refractivity contribution in [2.45, 2.75) is 13.8 Å². The number of aromatic nitrogens is 3. The van der Waals surface area contributed by atoms with Crippen molar-refractivity contribution >= 4 is 28.5 Å². The van der Waals surface area contributed by atoms with Gasteiger partial charge in [-0.15, -0.1) is 0 Å². The van der Waals surface area contributed by atoms with E-state index in [1.165, 1.54) is 12.1 Å². The van der Waals surface area contributed by atoms with E-state index >= 15 is 0 Å². The number of aryl methyl sites for hydroxylation is 1. The Hall–Kier alpha value is -4.85. The second kappa shape index (κ2) is 10.0. The standard InChI is InChI=1S/C29H23FN4O3/c1-18-28(19(2)34(33-18)22-8-4-3-5-9-22)32-27(35)17-37-29(36)24-16-26(20-12-14-21(30)15-13-20)31-25-11-7-6-10-23(24)25/h3-16H,17H2,1-2H3,(H,32,35). The lowest BCUT2D eigenvalue weighted by molar-refractivity contribution is -0.119. The molecule has 3 aromatic carbocycles. The van der Waals surface area contributed by atoms with Crippen LogP contribution in [0.4, 0.5) is 10.1 Å². The smallest absolute Gasteiger partial charge is 0.339 e. The first-order chi connectivity index (χ1) is 17.9. The maximum atomic E-state index is 13.4. The first-order valence-electron chi connectivity index (χ1n) is 11.6. The lowest BCUT2D eigenvalue weighted by Crippen LogP contribution is -2.21. The molecule has 0 bridgehead atoms. The molecule has 184 valence electrons. The molecular formula is C29H23FN4O3. The summed E-state index contributed by atoms with van der Waals surface area (Å²) in [6.07, 6.45) is 0. The van der Waals surface area contributed by atoms with E-state index in [4.69, 9.17) is 4.74 Å². The van der Waals surface area contributed by atoms with E-state index in [2.05, 4.69) is 15.4 Å². The number of amides is 1. The third-order valence-corrected chi connectivity index (χ3v) is 5.97. The van der Waals surface area contributed by atoms with E-state index in [0.717, 1.165) is 11.4 Å². The lowest BCUT2D eigenvalue weighted by Gasteiger charge is -2.11. The summed E-state index contributed by atoms with van der Waals surface area (Å²) in [6.45, 7) is 3.18. The number of nitrogens with one attached hydrogen (secondary N) is 1. The number of rotatable bonds is 6. The predicted octanol–water partition coefficient (Wildman–Crippen LogP) is 5.64. The summed E-state index contributed by atoms with van der Waals surface area (Å²) in [6, 6.07) is 24.2. The van der Waals surface area contributed by atoms with Crippen LogP contribution in [-0.4, -0.2) is 33.2 Å². The fraction of sp³-hybridized carbons (Fsp3) is 0.103. The van der Waals surface area contributed by atoms with Crippen LogP contribution in [0.1, 0.15) is 21.7 Å². The van der Waals surface area contributed by atoms with Gasteiger partial charge in [-0.25, -0.2) is 18.9 Å². The molecule has 0 spiro atoms. The highest BCUT2D eigenvalue weighted by molar-refractivity contribution is 6.05. The van der Waals surface area contributed by atoms with Gasteiger partial charge in [0.15, 0.2) is 6.61 Å². The van der Waals surface area contributed by atoms with E-state index < -0.39 is 18.5 Å². The Morgan fingerprint density at radius 3 is 2.41 bits per heavy atom. The number of para-hydroxylation sites is 2. The van der Waals surface area contributed by atoms with Crippen LogP contribution in [0, 0.1) is 19.7 Å². The molecule has 5 aromatic rings. The van der Waals surface area contributed by atoms with Gasteiger partial charge < -0.3 is 10.1 Å². The third-order valence-electron chi connectivity index (χ3n) is 5.97. The van der Waals surface area contributed by atoms with Crippen molar-refractivity contribution in [3.63, 3.8) is 0 Å². The van der Waals surface area contributed by atoms with Gasteiger partial charge in [-0.3, -0.25) is 4.79 Å². The first-order valence-corrected chi connectivity index (χ1v) is 11.6. The number of nitrogens with zero attached hydrogens (tertiary/aromatic N) is 3. The van der Waals surface area contributed by atoms with Crippen molar-refractivity contribution in [1.82, 2.24) is 14.8 Å². The maximum absolute atomic E-state index is 13.4. The van der Waals surface area contributed by atoms with Crippen LogP contribution < -0.4 is 5.32 Å². The highest BCUT2D eigenvalue weighted by Crippen LogP contribution is 2.26. The van der Waals surface area contributed by atoms with Crippen molar-refractivity contribution in [2.24, 2.45) is 0 Å². The van der Waals surface area contributed by atoms with Crippen LogP contribution in [0.3, 0.4) is 0 Å². The quantitative estimate of drug-likeness (QED) is 0.309. The predicted molar refractivity (Wildman–Crippen MR) is 139 cm³/mol. The summed E-state index contributed by atoms with van der Waals surface area (Å²) in [4.78, 5) is 30.4. The molecule has 7 nitrogen and oxygen atoms in total. The van der Waals surface area contributed by atoms with Crippen LogP contribution in [0.25, 0.3) is 27.8 Å². The molecule has 2 aromatic heterocycles. The van der Waals surface area contributed by atoms with Gasteiger partial charge in [-0.2, -0.15) is 5.10 Å². The van der Waals surface area contributed by atoms with Crippen LogP contribution in [-0.2, 0) is 9.53 Å². The van der Waals surface area contributed by atoms with Gasteiger partial charge in [0.25, 0.3) is 5.91 Å². The maximum Gasteiger partial charge on any atom is 0.339 e. The largest absolute Gasteiger partial charge is 0.452 e. The molecule has 0 fully saturated rings. The molecule has 5 rings (SSSR count). The van der Waals surface area contributed by atoms with Gasteiger partial charge in [0.1, 0.15) is 5.82 Å². The molecule has 0 atom stereocenters. The number of fused-ring (bicyclic) bond motifs is 1. The Balaban J connectivity index is 1.35. The molecule has 0 unspecified atom stereocenters. The number of hydrogen-bond donors (Lipinski definition) is 1. The minimum atomic E-state index is -0.662. The van der Waals surface area contributed by atoms with E-state index in [1.807, 2.05) is 43.3 Å². The van der Waals surface area contributed by atoms with E-state index in [1.54, 1.807) is 48.0 Å². The molecule has 8 heteroatoms. The number of esters is 1. The molecule has 0 saturated heterocycles. The third kappa shape index (κ3) is 4.95. The zero-order chi connectivity index (χ0) is 25.9. The Morgan fingerprint density at radius 2 is 1.65 bits per heavy atom. The van der Waals surface area contributed by atoms with Crippen LogP contribution >= 0.6 is 0 Å². The number of pyridine rings is 1. The minimum Gasteiger partial charge on any atom is -0.452 e. The van der Waals surface area contributed by atoms with E-state index in [-0.39, 0.29) is 11.4 Å². The number of anilines is 1. The molecular weight excluding hydrogens is 471 g/mol. The highest BCUT2D eigenvalue weighted by atomic mass is 19.1. The molecule has 0 aliphatic carbocycles. The van der Waals surface area contributed by atoms with Crippen LogP contribution in [0.5, 0.6) is 0 Å². The van der Waals surface area contributed by atoms with Gasteiger partial charge in [0, 0.05) is 10.9 Å². The number of carbonyl (C=O) groups excluding carboxylic acids is 2. The SMILES string of the molecule is Cc1nn(-c2ccccc2)c(C)c1NC(=O)COC(=O)c1cc(-c2ccc(F)cc2)nc2ccccc12. The number of benzene rings is 3. The summed E-state index contributed by atoms with van der Waals surface area (Å²) in [5.41, 5.74) is 4.84. The zero-order valence-electron chi connectivity index (χ0n) is 20.2. The topological polar surface area (TPSA) is 86.1 Å². The minimum absolute atomic E-state index is 0.266. The fourth-order valence-electron chi connectivity index (χ4n) is 4.14. The van der Waals surface area contributed by atoms with Crippen molar-refractivity contribution in [3.8, 4) is 16.9 Å².